The predicted octanol–water partition coefficient (Wildman–Crippen LogP) is 3.63. The summed E-state index contributed by atoms with van der Waals surface area (Å²) in [5, 5.41) is 19.2. The largest absolute Gasteiger partial charge is 0.504 e. The molecule has 25 heavy (non-hydrogen) atoms. The molecule has 2 fully saturated rings. The lowest BCUT2D eigenvalue weighted by atomic mass is 9.55. The third kappa shape index (κ3) is 2.65. The minimum Gasteiger partial charge on any atom is -0.504 e. The molecular weight excluding hydrogens is 316 g/mol. The number of aliphatic hydroxyl groups excluding tert-OH is 1. The zero-order valence-electron chi connectivity index (χ0n) is 15.3. The SMILES string of the molecule is COc1cc2c(cc1O)CCC1C2CCC2(C)C(OCCO)CCC12. The minimum atomic E-state index is 0.111. The van der Waals surface area contributed by atoms with Crippen LogP contribution in [0.4, 0.5) is 0 Å². The standard InChI is InChI=1S/C21H30O4/c1-21-8-7-14-15(17(21)5-6-20(21)25-10-9-22)4-3-13-11-18(23)19(24-2)12-16(13)14/h11-12,14-15,17,20,22-23H,3-10H2,1-2H3. The molecule has 0 aromatic heterocycles. The summed E-state index contributed by atoms with van der Waals surface area (Å²) in [6.45, 7) is 2.98. The molecule has 3 aliphatic rings. The van der Waals surface area contributed by atoms with Crippen molar-refractivity contribution in [2.24, 2.45) is 17.3 Å². The number of benzene rings is 1. The number of aromatic hydroxyl groups is 1. The van der Waals surface area contributed by atoms with Crippen LogP contribution in [0, 0.1) is 17.3 Å². The maximum atomic E-state index is 10.1. The molecule has 5 atom stereocenters. The van der Waals surface area contributed by atoms with Crippen molar-refractivity contribution in [2.45, 2.75) is 57.5 Å². The van der Waals surface area contributed by atoms with Gasteiger partial charge < -0.3 is 19.7 Å². The molecule has 4 nitrogen and oxygen atoms in total. The molecule has 0 amide bonds. The fraction of sp³-hybridized carbons (Fsp3) is 0.714. The second kappa shape index (κ2) is 6.48. The van der Waals surface area contributed by atoms with Crippen molar-refractivity contribution in [3.05, 3.63) is 23.3 Å². The third-order valence-corrected chi connectivity index (χ3v) is 7.35. The second-order valence-electron chi connectivity index (χ2n) is 8.34. The number of phenolic OH excluding ortho intramolecular Hbond substituents is 1. The third-order valence-electron chi connectivity index (χ3n) is 7.35. The minimum absolute atomic E-state index is 0.111. The Morgan fingerprint density at radius 2 is 2.04 bits per heavy atom. The quantitative estimate of drug-likeness (QED) is 0.874. The van der Waals surface area contributed by atoms with Gasteiger partial charge in [-0.1, -0.05) is 6.92 Å². The van der Waals surface area contributed by atoms with E-state index in [4.69, 9.17) is 14.6 Å². The van der Waals surface area contributed by atoms with Gasteiger partial charge in [-0.25, -0.2) is 0 Å². The van der Waals surface area contributed by atoms with Crippen molar-refractivity contribution >= 4 is 0 Å². The number of ether oxygens (including phenoxy) is 2. The van der Waals surface area contributed by atoms with Crippen molar-refractivity contribution in [3.63, 3.8) is 0 Å². The fourth-order valence-corrected chi connectivity index (χ4v) is 6.17. The van der Waals surface area contributed by atoms with Crippen LogP contribution in [-0.4, -0.2) is 36.6 Å². The smallest absolute Gasteiger partial charge is 0.160 e. The molecule has 0 radical (unpaired) electrons. The van der Waals surface area contributed by atoms with Crippen LogP contribution in [0.15, 0.2) is 12.1 Å². The number of phenols is 1. The van der Waals surface area contributed by atoms with E-state index in [0.717, 1.165) is 12.8 Å². The lowest BCUT2D eigenvalue weighted by Crippen LogP contribution is -2.44. The normalized spacial score (nSPS) is 36.4. The molecule has 0 aliphatic heterocycles. The van der Waals surface area contributed by atoms with E-state index in [-0.39, 0.29) is 17.8 Å². The molecular formula is C21H30O4. The van der Waals surface area contributed by atoms with Gasteiger partial charge in [-0.05, 0) is 85.0 Å². The van der Waals surface area contributed by atoms with Crippen LogP contribution in [0.3, 0.4) is 0 Å². The van der Waals surface area contributed by atoms with Crippen LogP contribution in [0.5, 0.6) is 11.5 Å². The van der Waals surface area contributed by atoms with Gasteiger partial charge in [0, 0.05) is 0 Å². The Hall–Kier alpha value is -1.26. The molecule has 5 unspecified atom stereocenters. The number of aryl methyl sites for hydroxylation is 1. The summed E-state index contributed by atoms with van der Waals surface area (Å²) in [6, 6.07) is 4.00. The second-order valence-corrected chi connectivity index (χ2v) is 8.34. The van der Waals surface area contributed by atoms with E-state index in [1.807, 2.05) is 6.07 Å². The molecule has 4 heteroatoms. The van der Waals surface area contributed by atoms with E-state index in [2.05, 4.69) is 13.0 Å². The number of rotatable bonds is 4. The zero-order valence-corrected chi connectivity index (χ0v) is 15.3. The Bertz CT molecular complexity index is 643. The fourth-order valence-electron chi connectivity index (χ4n) is 6.17. The van der Waals surface area contributed by atoms with Gasteiger partial charge in [0.05, 0.1) is 26.4 Å². The molecule has 3 aliphatic carbocycles. The van der Waals surface area contributed by atoms with E-state index in [9.17, 15) is 5.11 Å². The predicted molar refractivity (Wildman–Crippen MR) is 96.1 cm³/mol. The molecule has 0 spiro atoms. The van der Waals surface area contributed by atoms with Crippen LogP contribution >= 0.6 is 0 Å². The van der Waals surface area contributed by atoms with E-state index in [1.54, 1.807) is 7.11 Å². The summed E-state index contributed by atoms with van der Waals surface area (Å²) in [5.74, 6) is 2.83. The summed E-state index contributed by atoms with van der Waals surface area (Å²) >= 11 is 0. The van der Waals surface area contributed by atoms with Crippen molar-refractivity contribution < 1.29 is 19.7 Å². The van der Waals surface area contributed by atoms with Gasteiger partial charge in [0.2, 0.25) is 0 Å². The molecule has 1 aromatic rings. The van der Waals surface area contributed by atoms with Crippen molar-refractivity contribution in [1.29, 1.82) is 0 Å². The van der Waals surface area contributed by atoms with Crippen molar-refractivity contribution in [3.8, 4) is 11.5 Å². The van der Waals surface area contributed by atoms with Gasteiger partial charge in [0.25, 0.3) is 0 Å². The summed E-state index contributed by atoms with van der Waals surface area (Å²) in [6.07, 6.45) is 7.25. The highest BCUT2D eigenvalue weighted by Gasteiger charge is 2.55. The maximum Gasteiger partial charge on any atom is 0.160 e. The summed E-state index contributed by atoms with van der Waals surface area (Å²) in [7, 11) is 1.62. The van der Waals surface area contributed by atoms with E-state index < -0.39 is 0 Å². The first-order valence-corrected chi connectivity index (χ1v) is 9.70. The van der Waals surface area contributed by atoms with E-state index in [1.165, 1.54) is 36.8 Å². The molecule has 0 heterocycles. The molecule has 0 saturated heterocycles. The number of hydrogen-bond donors (Lipinski definition) is 2. The monoisotopic (exact) mass is 346 g/mol. The summed E-state index contributed by atoms with van der Waals surface area (Å²) in [5.41, 5.74) is 2.94. The Kier molecular flexibility index (Phi) is 4.45. The van der Waals surface area contributed by atoms with Gasteiger partial charge in [0.15, 0.2) is 11.5 Å². The van der Waals surface area contributed by atoms with Crippen LogP contribution in [0.25, 0.3) is 0 Å². The Labute approximate surface area is 150 Å². The molecule has 138 valence electrons. The van der Waals surface area contributed by atoms with E-state index >= 15 is 0 Å². The number of aliphatic hydroxyl groups is 1. The van der Waals surface area contributed by atoms with Crippen LogP contribution in [-0.2, 0) is 11.2 Å². The van der Waals surface area contributed by atoms with E-state index in [0.29, 0.717) is 36.2 Å². The van der Waals surface area contributed by atoms with Crippen LogP contribution in [0.1, 0.15) is 56.1 Å². The average Bonchev–Trinajstić information content (AvgIpc) is 2.95. The molecule has 4 rings (SSSR count). The highest BCUT2D eigenvalue weighted by molar-refractivity contribution is 5.49. The number of hydrogen-bond acceptors (Lipinski definition) is 4. The van der Waals surface area contributed by atoms with Crippen molar-refractivity contribution in [2.75, 3.05) is 20.3 Å². The van der Waals surface area contributed by atoms with Crippen molar-refractivity contribution in [1.82, 2.24) is 0 Å². The van der Waals surface area contributed by atoms with Gasteiger partial charge in [-0.3, -0.25) is 0 Å². The Morgan fingerprint density at radius 1 is 1.20 bits per heavy atom. The first-order chi connectivity index (χ1) is 12.1. The first-order valence-electron chi connectivity index (χ1n) is 9.70. The van der Waals surface area contributed by atoms with Gasteiger partial charge in [0.1, 0.15) is 0 Å². The molecule has 2 N–H and O–H groups in total. The maximum absolute atomic E-state index is 10.1. The molecule has 1 aromatic carbocycles. The summed E-state index contributed by atoms with van der Waals surface area (Å²) < 4.78 is 11.4. The molecule has 0 bridgehead atoms. The van der Waals surface area contributed by atoms with Gasteiger partial charge in [-0.15, -0.1) is 0 Å². The average molecular weight is 346 g/mol. The van der Waals surface area contributed by atoms with Gasteiger partial charge in [-0.2, -0.15) is 0 Å². The van der Waals surface area contributed by atoms with Crippen LogP contribution < -0.4 is 4.74 Å². The Balaban J connectivity index is 1.62. The Morgan fingerprint density at radius 3 is 2.80 bits per heavy atom. The molecule has 2 saturated carbocycles. The number of fused-ring (bicyclic) bond motifs is 5. The van der Waals surface area contributed by atoms with Gasteiger partial charge >= 0.3 is 0 Å². The zero-order chi connectivity index (χ0) is 17.6. The highest BCUT2D eigenvalue weighted by atomic mass is 16.5. The summed E-state index contributed by atoms with van der Waals surface area (Å²) in [4.78, 5) is 0. The van der Waals surface area contributed by atoms with Crippen LogP contribution in [0.2, 0.25) is 0 Å². The first kappa shape index (κ1) is 17.2. The lowest BCUT2D eigenvalue weighted by molar-refractivity contribution is -0.0710. The topological polar surface area (TPSA) is 58.9 Å². The highest BCUT2D eigenvalue weighted by Crippen LogP contribution is 2.61. The number of methoxy groups -OCH3 is 1. The lowest BCUT2D eigenvalue weighted by Gasteiger charge is -2.50.